The van der Waals surface area contributed by atoms with Crippen LogP contribution in [0.3, 0.4) is 0 Å². The van der Waals surface area contributed by atoms with Crippen LogP contribution in [0.15, 0.2) is 24.5 Å². The van der Waals surface area contributed by atoms with Gasteiger partial charge in [-0.1, -0.05) is 0 Å². The van der Waals surface area contributed by atoms with E-state index in [1.54, 1.807) is 24.1 Å². The molecule has 0 amide bonds. The van der Waals surface area contributed by atoms with Crippen LogP contribution in [0, 0.1) is 0 Å². The van der Waals surface area contributed by atoms with E-state index in [-0.39, 0.29) is 29.5 Å². The highest BCUT2D eigenvalue weighted by molar-refractivity contribution is 5.68. The first-order chi connectivity index (χ1) is 7.40. The molecule has 0 radical (unpaired) electrons. The Bertz CT molecular complexity index is 374. The SMILES string of the molecule is COc1ccc[n+](CC(=O)OC(C)(C)C)c1.[Br-]. The van der Waals surface area contributed by atoms with Gasteiger partial charge in [-0.05, 0) is 26.8 Å². The fraction of sp³-hybridized carbons (Fsp3) is 0.500. The summed E-state index contributed by atoms with van der Waals surface area (Å²) in [7, 11) is 1.59. The van der Waals surface area contributed by atoms with Crippen LogP contribution in [0.25, 0.3) is 0 Å². The molecule has 96 valence electrons. The number of pyridine rings is 1. The number of carbonyl (C=O) groups excluding carboxylic acids is 1. The van der Waals surface area contributed by atoms with Gasteiger partial charge in [0.25, 0.3) is 0 Å². The molecule has 1 rings (SSSR count). The van der Waals surface area contributed by atoms with Crippen LogP contribution >= 0.6 is 0 Å². The fourth-order valence-corrected chi connectivity index (χ4v) is 1.24. The minimum atomic E-state index is -0.448. The zero-order valence-electron chi connectivity index (χ0n) is 10.6. The van der Waals surface area contributed by atoms with Gasteiger partial charge in [-0.25, -0.2) is 4.79 Å². The Morgan fingerprint density at radius 2 is 2.06 bits per heavy atom. The first-order valence-electron chi connectivity index (χ1n) is 5.15. The van der Waals surface area contributed by atoms with Crippen molar-refractivity contribution in [3.8, 4) is 5.75 Å². The average molecular weight is 304 g/mol. The summed E-state index contributed by atoms with van der Waals surface area (Å²) < 4.78 is 12.0. The Morgan fingerprint density at radius 1 is 1.41 bits per heavy atom. The highest BCUT2D eigenvalue weighted by Gasteiger charge is 2.19. The summed E-state index contributed by atoms with van der Waals surface area (Å²) in [5, 5.41) is 0. The van der Waals surface area contributed by atoms with E-state index in [0.717, 1.165) is 0 Å². The van der Waals surface area contributed by atoms with Crippen molar-refractivity contribution in [1.29, 1.82) is 0 Å². The van der Waals surface area contributed by atoms with Crippen molar-refractivity contribution in [2.24, 2.45) is 0 Å². The van der Waals surface area contributed by atoms with Crippen LogP contribution in [-0.4, -0.2) is 18.7 Å². The number of carbonyl (C=O) groups is 1. The number of rotatable bonds is 3. The summed E-state index contributed by atoms with van der Waals surface area (Å²) >= 11 is 0. The number of esters is 1. The van der Waals surface area contributed by atoms with E-state index in [9.17, 15) is 4.79 Å². The molecule has 0 aromatic carbocycles. The van der Waals surface area contributed by atoms with Crippen molar-refractivity contribution in [2.75, 3.05) is 7.11 Å². The molecular formula is C12H18BrNO3. The quantitative estimate of drug-likeness (QED) is 0.495. The van der Waals surface area contributed by atoms with Gasteiger partial charge in [-0.2, -0.15) is 4.57 Å². The molecule has 1 heterocycles. The lowest BCUT2D eigenvalue weighted by Crippen LogP contribution is -3.00. The summed E-state index contributed by atoms with van der Waals surface area (Å²) in [5.74, 6) is 0.455. The predicted molar refractivity (Wildman–Crippen MR) is 59.0 cm³/mol. The molecule has 0 saturated heterocycles. The second kappa shape index (κ2) is 6.59. The number of aromatic nitrogens is 1. The van der Waals surface area contributed by atoms with E-state index in [0.29, 0.717) is 5.75 Å². The van der Waals surface area contributed by atoms with Gasteiger partial charge in [0.1, 0.15) is 5.60 Å². The maximum absolute atomic E-state index is 11.5. The fourth-order valence-electron chi connectivity index (χ4n) is 1.24. The summed E-state index contributed by atoms with van der Waals surface area (Å²) in [6, 6.07) is 3.65. The lowest BCUT2D eigenvalue weighted by Gasteiger charge is -2.18. The van der Waals surface area contributed by atoms with Crippen molar-refractivity contribution >= 4 is 5.97 Å². The molecule has 0 atom stereocenters. The number of hydrogen-bond acceptors (Lipinski definition) is 3. The molecule has 5 heteroatoms. The molecule has 0 spiro atoms. The number of methoxy groups -OCH3 is 1. The molecule has 0 aliphatic carbocycles. The number of ether oxygens (including phenoxy) is 2. The molecule has 0 fully saturated rings. The largest absolute Gasteiger partial charge is 1.00 e. The third-order valence-electron chi connectivity index (χ3n) is 1.80. The normalized spacial score (nSPS) is 10.4. The Balaban J connectivity index is 0.00000256. The summed E-state index contributed by atoms with van der Waals surface area (Å²) in [4.78, 5) is 11.5. The second-order valence-electron chi connectivity index (χ2n) is 4.50. The summed E-state index contributed by atoms with van der Waals surface area (Å²) in [5.41, 5.74) is -0.448. The molecule has 0 saturated carbocycles. The first-order valence-corrected chi connectivity index (χ1v) is 5.15. The van der Waals surface area contributed by atoms with Crippen LogP contribution in [0.4, 0.5) is 0 Å². The van der Waals surface area contributed by atoms with E-state index in [1.807, 2.05) is 32.9 Å². The van der Waals surface area contributed by atoms with Crippen molar-refractivity contribution in [3.63, 3.8) is 0 Å². The smallest absolute Gasteiger partial charge is 0.373 e. The second-order valence-corrected chi connectivity index (χ2v) is 4.50. The van der Waals surface area contributed by atoms with Crippen LogP contribution in [0.5, 0.6) is 5.75 Å². The van der Waals surface area contributed by atoms with Crippen LogP contribution in [0.1, 0.15) is 20.8 Å². The Hall–Kier alpha value is -1.10. The molecule has 4 nitrogen and oxygen atoms in total. The van der Waals surface area contributed by atoms with Crippen LogP contribution in [0.2, 0.25) is 0 Å². The third kappa shape index (κ3) is 6.26. The van der Waals surface area contributed by atoms with Crippen molar-refractivity contribution < 1.29 is 35.8 Å². The molecule has 1 aromatic rings. The maximum Gasteiger partial charge on any atom is 0.373 e. The Morgan fingerprint density at radius 3 is 2.59 bits per heavy atom. The topological polar surface area (TPSA) is 39.4 Å². The van der Waals surface area contributed by atoms with Gasteiger partial charge in [0, 0.05) is 6.07 Å². The van der Waals surface area contributed by atoms with Gasteiger partial charge in [0.2, 0.25) is 12.7 Å². The molecule has 0 unspecified atom stereocenters. The van der Waals surface area contributed by atoms with E-state index in [4.69, 9.17) is 9.47 Å². The minimum absolute atomic E-state index is 0. The van der Waals surface area contributed by atoms with Gasteiger partial charge in [0.15, 0.2) is 11.9 Å². The Kier molecular flexibility index (Phi) is 6.16. The van der Waals surface area contributed by atoms with Crippen molar-refractivity contribution in [2.45, 2.75) is 32.9 Å². The molecule has 17 heavy (non-hydrogen) atoms. The molecule has 0 N–H and O–H groups in total. The van der Waals surface area contributed by atoms with Gasteiger partial charge in [-0.3, -0.25) is 0 Å². The maximum atomic E-state index is 11.5. The predicted octanol–water partition coefficient (Wildman–Crippen LogP) is -1.67. The van der Waals surface area contributed by atoms with Gasteiger partial charge >= 0.3 is 5.97 Å². The first kappa shape index (κ1) is 15.9. The van der Waals surface area contributed by atoms with E-state index < -0.39 is 5.60 Å². The highest BCUT2D eigenvalue weighted by Crippen LogP contribution is 2.07. The minimum Gasteiger partial charge on any atom is -1.00 e. The molecule has 1 aromatic heterocycles. The van der Waals surface area contributed by atoms with Gasteiger partial charge in [0.05, 0.1) is 7.11 Å². The number of hydrogen-bond donors (Lipinski definition) is 0. The average Bonchev–Trinajstić information content (AvgIpc) is 2.15. The molecular weight excluding hydrogens is 286 g/mol. The number of nitrogens with zero attached hydrogens (tertiary/aromatic N) is 1. The zero-order valence-corrected chi connectivity index (χ0v) is 12.2. The van der Waals surface area contributed by atoms with Crippen molar-refractivity contribution in [3.05, 3.63) is 24.5 Å². The van der Waals surface area contributed by atoms with E-state index >= 15 is 0 Å². The molecule has 0 bridgehead atoms. The van der Waals surface area contributed by atoms with E-state index in [1.165, 1.54) is 0 Å². The summed E-state index contributed by atoms with van der Waals surface area (Å²) in [6.45, 7) is 5.73. The molecule has 0 aliphatic rings. The lowest BCUT2D eigenvalue weighted by molar-refractivity contribution is -0.686. The monoisotopic (exact) mass is 303 g/mol. The third-order valence-corrected chi connectivity index (χ3v) is 1.80. The van der Waals surface area contributed by atoms with Gasteiger partial charge < -0.3 is 26.5 Å². The summed E-state index contributed by atoms with van der Waals surface area (Å²) in [6.07, 6.45) is 3.55. The number of halogens is 1. The van der Waals surface area contributed by atoms with Crippen LogP contribution in [-0.2, 0) is 16.1 Å². The zero-order chi connectivity index (χ0) is 12.2. The highest BCUT2D eigenvalue weighted by atomic mass is 79.9. The lowest BCUT2D eigenvalue weighted by atomic mass is 10.2. The van der Waals surface area contributed by atoms with Crippen LogP contribution < -0.4 is 26.3 Å². The standard InChI is InChI=1S/C12H18NO3.BrH/c1-12(2,3)16-11(14)9-13-7-5-6-10(8-13)15-4;/h5-8H,9H2,1-4H3;1H/q+1;/p-1. The van der Waals surface area contributed by atoms with Gasteiger partial charge in [-0.15, -0.1) is 0 Å². The van der Waals surface area contributed by atoms with E-state index in [2.05, 4.69) is 0 Å². The molecule has 0 aliphatic heterocycles. The van der Waals surface area contributed by atoms with Crippen molar-refractivity contribution in [1.82, 2.24) is 0 Å². The Labute approximate surface area is 112 Å².